The Labute approximate surface area is 541 Å². The fourth-order valence-corrected chi connectivity index (χ4v) is 22.8. The van der Waals surface area contributed by atoms with Gasteiger partial charge < -0.3 is 30.3 Å². The van der Waals surface area contributed by atoms with Gasteiger partial charge in [-0.25, -0.2) is 0 Å². The van der Waals surface area contributed by atoms with Crippen LogP contribution in [0.5, 0.6) is 5.75 Å². The van der Waals surface area contributed by atoms with Crippen molar-refractivity contribution in [3.05, 3.63) is 207 Å². The van der Waals surface area contributed by atoms with Crippen molar-refractivity contribution in [1.29, 1.82) is 0 Å². The monoisotopic (exact) mass is 1220 g/mol. The molecule has 2 bridgehead atoms. The third kappa shape index (κ3) is 10.5. The Morgan fingerprint density at radius 2 is 1.48 bits per heavy atom. The predicted molar refractivity (Wildman–Crippen MR) is 365 cm³/mol. The van der Waals surface area contributed by atoms with Crippen molar-refractivity contribution in [3.8, 4) is 16.9 Å². The molecule has 4 saturated carbocycles. The van der Waals surface area contributed by atoms with Crippen LogP contribution in [0.15, 0.2) is 174 Å². The predicted octanol–water partition coefficient (Wildman–Crippen LogP) is 16.9. The number of hydrogen-bond donors (Lipinski definition) is 5. The number of ether oxygens (including phenoxy) is 1. The molecule has 478 valence electrons. The van der Waals surface area contributed by atoms with Crippen molar-refractivity contribution < 1.29 is 35.1 Å². The lowest BCUT2D eigenvalue weighted by Crippen LogP contribution is -2.68. The van der Waals surface area contributed by atoms with Gasteiger partial charge in [0.15, 0.2) is 0 Å². The van der Waals surface area contributed by atoms with Crippen molar-refractivity contribution in [2.75, 3.05) is 13.7 Å². The number of rotatable bonds is 19. The Hall–Kier alpha value is -6.25. The van der Waals surface area contributed by atoms with E-state index in [1.807, 2.05) is 12.1 Å². The maximum Gasteiger partial charge on any atom is 0.306 e. The van der Waals surface area contributed by atoms with Crippen LogP contribution in [-0.2, 0) is 28.8 Å². The molecule has 5 aromatic carbocycles. The molecule has 0 spiro atoms. The van der Waals surface area contributed by atoms with Gasteiger partial charge in [0.2, 0.25) is 0 Å². The lowest BCUT2D eigenvalue weighted by atomic mass is 9.30. The van der Waals surface area contributed by atoms with Gasteiger partial charge in [-0.1, -0.05) is 191 Å². The van der Waals surface area contributed by atoms with Crippen LogP contribution in [0.3, 0.4) is 0 Å². The van der Waals surface area contributed by atoms with Crippen LogP contribution in [0.25, 0.3) is 22.8 Å². The zero-order valence-corrected chi connectivity index (χ0v) is 54.7. The molecule has 0 amide bonds. The van der Waals surface area contributed by atoms with Crippen LogP contribution in [0.2, 0.25) is 0 Å². The van der Waals surface area contributed by atoms with Gasteiger partial charge in [-0.05, 0) is 236 Å². The number of aromatic hydroxyl groups is 1. The summed E-state index contributed by atoms with van der Waals surface area (Å²) in [5.74, 6) is 0.135. The minimum Gasteiger partial charge on any atom is -0.516 e. The summed E-state index contributed by atoms with van der Waals surface area (Å²) in [5, 5.41) is 62.0. The number of carboxylic acid groups (broad SMARTS) is 1. The average molecular weight is 1220 g/mol. The van der Waals surface area contributed by atoms with Crippen molar-refractivity contribution >= 4 is 17.6 Å². The van der Waals surface area contributed by atoms with Gasteiger partial charge in [-0.3, -0.25) is 4.79 Å². The van der Waals surface area contributed by atoms with E-state index < -0.39 is 46.3 Å². The number of aryl methyl sites for hydroxylation is 1. The molecule has 0 aromatic heterocycles. The number of aliphatic hydroxyl groups is 3. The molecule has 9 aliphatic carbocycles. The second-order valence-corrected chi connectivity index (χ2v) is 30.9. The topological polar surface area (TPSA) is 127 Å². The Balaban J connectivity index is 0.901. The second-order valence-electron chi connectivity index (χ2n) is 30.9. The van der Waals surface area contributed by atoms with Crippen molar-refractivity contribution in [1.82, 2.24) is 0 Å². The van der Waals surface area contributed by atoms with Crippen molar-refractivity contribution in [2.45, 2.75) is 180 Å². The van der Waals surface area contributed by atoms with E-state index in [-0.39, 0.29) is 40.3 Å². The minimum atomic E-state index is -0.814. The van der Waals surface area contributed by atoms with E-state index in [4.69, 9.17) is 4.74 Å². The fraction of sp³-hybridized carbons (Fsp3) is 0.512. The molecule has 0 aliphatic heterocycles. The number of aliphatic hydroxyl groups excluding tert-OH is 3. The van der Waals surface area contributed by atoms with E-state index >= 15 is 0 Å². The molecular weight excluding hydrogens is 1120 g/mol. The summed E-state index contributed by atoms with van der Waals surface area (Å²) < 4.78 is 5.50. The third-order valence-electron chi connectivity index (χ3n) is 26.9. The van der Waals surface area contributed by atoms with Gasteiger partial charge >= 0.3 is 5.97 Å². The molecule has 7 nitrogen and oxygen atoms in total. The highest BCUT2D eigenvalue weighted by Gasteiger charge is 2.76. The quantitative estimate of drug-likeness (QED) is 0.0412. The molecule has 13 atom stereocenters. The number of carbonyl (C=O) groups is 1. The molecule has 7 heteroatoms. The van der Waals surface area contributed by atoms with Gasteiger partial charge in [-0.2, -0.15) is 0 Å². The van der Waals surface area contributed by atoms with Crippen LogP contribution in [-0.4, -0.2) is 57.4 Å². The standard InChI is InChI=1S/C84H100O7/c1-54(58-18-9-6-10-19-58)64(53-85)32-38-69(78(89)90)77-75(87)52-84(65-33-28-61(29-34-65)67(37-25-55-15-7-5-8-16-55)60-26-23-56(24-27-60)41-46-91-4)74-51-82-43-14-42-80(2)76(88)40-45-83(79(80)82,72(74)39-44-81(77,84)3)73-49-63-20-11-12-22-68(63)70(71(73)50-82)48-57-17-13-21-62(47-57)59-30-35-66(86)36-31-59/h5,7-8,11-17,20-24,26-27,30-31,35-36,43,47,49-50,53-54,58,61,65,67,69,73,75-77,79,85-88H,6,9-10,18-19,25,28-29,32-34,37-42,44-46,48,51-52H2,1-4H3,(H,89,90). The minimum absolute atomic E-state index is 0.0477. The van der Waals surface area contributed by atoms with Crippen LogP contribution < -0.4 is 10.4 Å². The summed E-state index contributed by atoms with van der Waals surface area (Å²) in [7, 11) is 1.78. The Kier molecular flexibility index (Phi) is 17.0. The first kappa shape index (κ1) is 62.2. The largest absolute Gasteiger partial charge is 0.516 e. The first-order valence-electron chi connectivity index (χ1n) is 35.5. The highest BCUT2D eigenvalue weighted by Crippen LogP contribution is 2.82. The summed E-state index contributed by atoms with van der Waals surface area (Å²) in [5.41, 5.74) is 12.3. The molecular formula is C84H100O7. The highest BCUT2D eigenvalue weighted by atomic mass is 16.5. The van der Waals surface area contributed by atoms with Crippen molar-refractivity contribution in [3.63, 3.8) is 0 Å². The normalized spacial score (nSPS) is 33.5. The number of phenolic OH excluding ortho intramolecular Hbond substituents is 1. The van der Waals surface area contributed by atoms with Crippen LogP contribution in [0.1, 0.15) is 171 Å². The molecule has 91 heavy (non-hydrogen) atoms. The third-order valence-corrected chi connectivity index (χ3v) is 26.9. The first-order chi connectivity index (χ1) is 44.1. The number of phenols is 1. The van der Waals surface area contributed by atoms with E-state index in [9.17, 15) is 30.3 Å². The van der Waals surface area contributed by atoms with Crippen LogP contribution >= 0.6 is 0 Å². The zero-order valence-electron chi connectivity index (χ0n) is 54.7. The van der Waals surface area contributed by atoms with Crippen LogP contribution in [0, 0.1) is 74.4 Å². The SMILES string of the molecule is COCCc1ccc(C(CCc2ccccc2)C2CCC(C34CC(O)C(C(CCC(=CO)C(C)C5CCCCC5)C(=O)O)C3(C)CCC3=C4CC45C=CCC6(C)C(O)CCC3(C3C=c7ccccc7=C(Cc7cccc(-c8ccc(O)cc8)c7)C3=C4)C56)CC2)cc1. The molecule has 0 heterocycles. The molecule has 9 aliphatic rings. The second kappa shape index (κ2) is 24.9. The number of benzene rings is 5. The first-order valence-corrected chi connectivity index (χ1v) is 35.5. The van der Waals surface area contributed by atoms with Crippen LogP contribution in [0.4, 0.5) is 0 Å². The lowest BCUT2D eigenvalue weighted by Gasteiger charge is -2.73. The summed E-state index contributed by atoms with van der Waals surface area (Å²) in [6.07, 6.45) is 30.8. The zero-order chi connectivity index (χ0) is 62.9. The molecule has 5 aromatic rings. The van der Waals surface area contributed by atoms with Crippen molar-refractivity contribution in [2.24, 2.45) is 74.4 Å². The Morgan fingerprint density at radius 1 is 0.747 bits per heavy atom. The van der Waals surface area contributed by atoms with E-state index in [1.54, 1.807) is 30.4 Å². The van der Waals surface area contributed by atoms with Gasteiger partial charge in [0.25, 0.3) is 0 Å². The fourth-order valence-electron chi connectivity index (χ4n) is 22.8. The van der Waals surface area contributed by atoms with E-state index in [2.05, 4.69) is 148 Å². The summed E-state index contributed by atoms with van der Waals surface area (Å²) in [6.45, 7) is 7.86. The lowest BCUT2D eigenvalue weighted by molar-refractivity contribution is -0.164. The summed E-state index contributed by atoms with van der Waals surface area (Å²) in [6, 6.07) is 46.1. The maximum atomic E-state index is 14.5. The average Bonchev–Trinajstić information content (AvgIpc) is 1.57. The number of methoxy groups -OCH3 is 1. The molecule has 0 saturated heterocycles. The van der Waals surface area contributed by atoms with E-state index in [0.717, 1.165) is 119 Å². The Morgan fingerprint density at radius 3 is 2.23 bits per heavy atom. The van der Waals surface area contributed by atoms with E-state index in [1.165, 1.54) is 69.4 Å². The van der Waals surface area contributed by atoms with Gasteiger partial charge in [0.1, 0.15) is 5.75 Å². The van der Waals surface area contributed by atoms with Gasteiger partial charge in [-0.15, -0.1) is 0 Å². The number of aliphatic carboxylic acids is 1. The Bertz CT molecular complexity index is 3750. The number of fused-ring (bicyclic) bond motifs is 4. The summed E-state index contributed by atoms with van der Waals surface area (Å²) in [4.78, 5) is 14.5. The van der Waals surface area contributed by atoms with Gasteiger partial charge in [0, 0.05) is 40.6 Å². The highest BCUT2D eigenvalue weighted by molar-refractivity contribution is 5.77. The smallest absolute Gasteiger partial charge is 0.306 e. The number of carboxylic acids is 1. The number of hydrogen-bond acceptors (Lipinski definition) is 6. The molecule has 0 radical (unpaired) electrons. The van der Waals surface area contributed by atoms with E-state index in [0.29, 0.717) is 43.6 Å². The molecule has 4 fully saturated rings. The molecule has 14 rings (SSSR count). The van der Waals surface area contributed by atoms with Gasteiger partial charge in [0.05, 0.1) is 31.0 Å². The summed E-state index contributed by atoms with van der Waals surface area (Å²) >= 11 is 0. The number of allylic oxidation sites excluding steroid dienone is 7. The maximum absolute atomic E-state index is 14.5. The molecule has 5 N–H and O–H groups in total. The molecule has 13 unspecified atom stereocenters.